The minimum atomic E-state index is 0.836. The third-order valence-electron chi connectivity index (χ3n) is 2.65. The summed E-state index contributed by atoms with van der Waals surface area (Å²) >= 11 is 0. The number of para-hydroxylation sites is 2. The van der Waals surface area contributed by atoms with E-state index in [9.17, 15) is 0 Å². The maximum absolute atomic E-state index is 4.55. The normalized spacial score (nSPS) is 12.7. The van der Waals surface area contributed by atoms with Gasteiger partial charge < -0.3 is 4.98 Å². The van der Waals surface area contributed by atoms with Crippen LogP contribution in [0.25, 0.3) is 16.6 Å². The number of aromatic nitrogens is 2. The van der Waals surface area contributed by atoms with Gasteiger partial charge in [-0.3, -0.25) is 0 Å². The Bertz CT molecular complexity index is 609. The van der Waals surface area contributed by atoms with Gasteiger partial charge in [0.2, 0.25) is 0 Å². The number of aromatic amines is 1. The largest absolute Gasteiger partial charge is 0.338 e. The Hall–Kier alpha value is -2.35. The van der Waals surface area contributed by atoms with E-state index in [1.54, 1.807) is 12.2 Å². The second kappa shape index (κ2) is 5.32. The first kappa shape index (κ1) is 12.1. The Morgan fingerprint density at radius 2 is 2.06 bits per heavy atom. The van der Waals surface area contributed by atoms with E-state index >= 15 is 0 Å². The summed E-state index contributed by atoms with van der Waals surface area (Å²) in [6.07, 6.45) is 7.56. The zero-order chi connectivity index (χ0) is 13.0. The summed E-state index contributed by atoms with van der Waals surface area (Å²) in [5, 5.41) is 0. The van der Waals surface area contributed by atoms with Crippen molar-refractivity contribution in [2.45, 2.75) is 6.92 Å². The van der Waals surface area contributed by atoms with Crippen LogP contribution in [0.2, 0.25) is 0 Å². The van der Waals surface area contributed by atoms with Crippen molar-refractivity contribution in [2.24, 2.45) is 0 Å². The minimum Gasteiger partial charge on any atom is -0.338 e. The number of fused-ring (bicyclic) bond motifs is 1. The quantitative estimate of drug-likeness (QED) is 0.789. The molecule has 2 heteroatoms. The smallest absolute Gasteiger partial charge is 0.138 e. The van der Waals surface area contributed by atoms with Gasteiger partial charge in [0.05, 0.1) is 11.0 Å². The number of allylic oxidation sites excluding steroid dienone is 6. The average molecular weight is 236 g/mol. The molecule has 0 saturated heterocycles. The van der Waals surface area contributed by atoms with E-state index in [0.29, 0.717) is 0 Å². The number of nitrogens with zero attached hydrogens (tertiary/aromatic N) is 1. The monoisotopic (exact) mass is 236 g/mol. The van der Waals surface area contributed by atoms with Gasteiger partial charge in [-0.15, -0.1) is 0 Å². The van der Waals surface area contributed by atoms with Crippen LogP contribution in [0.15, 0.2) is 67.3 Å². The first-order valence-corrected chi connectivity index (χ1v) is 5.83. The van der Waals surface area contributed by atoms with Crippen molar-refractivity contribution in [3.63, 3.8) is 0 Å². The Morgan fingerprint density at radius 1 is 1.28 bits per heavy atom. The van der Waals surface area contributed by atoms with E-state index in [1.165, 1.54) is 0 Å². The highest BCUT2D eigenvalue weighted by Gasteiger charge is 2.04. The first-order chi connectivity index (χ1) is 8.74. The molecule has 0 radical (unpaired) electrons. The van der Waals surface area contributed by atoms with Gasteiger partial charge in [-0.05, 0) is 25.1 Å². The van der Waals surface area contributed by atoms with Crippen molar-refractivity contribution in [3.8, 4) is 0 Å². The number of nitrogens with one attached hydrogen (secondary N) is 1. The lowest BCUT2D eigenvalue weighted by atomic mass is 10.1. The number of benzene rings is 1. The highest BCUT2D eigenvalue weighted by Crippen LogP contribution is 2.19. The van der Waals surface area contributed by atoms with Crippen LogP contribution in [0.5, 0.6) is 0 Å². The molecule has 0 bridgehead atoms. The summed E-state index contributed by atoms with van der Waals surface area (Å²) in [6.45, 7) is 9.55. The summed E-state index contributed by atoms with van der Waals surface area (Å²) in [5.41, 5.74) is 4.08. The molecular formula is C16H16N2. The first-order valence-electron chi connectivity index (χ1n) is 5.83. The third kappa shape index (κ3) is 2.48. The van der Waals surface area contributed by atoms with Crippen molar-refractivity contribution in [1.82, 2.24) is 9.97 Å². The zero-order valence-corrected chi connectivity index (χ0v) is 10.5. The lowest BCUT2D eigenvalue weighted by Gasteiger charge is -1.97. The fourth-order valence-corrected chi connectivity index (χ4v) is 1.79. The molecule has 18 heavy (non-hydrogen) atoms. The summed E-state index contributed by atoms with van der Waals surface area (Å²) in [4.78, 5) is 7.84. The van der Waals surface area contributed by atoms with Gasteiger partial charge in [0, 0.05) is 5.57 Å². The van der Waals surface area contributed by atoms with Crippen LogP contribution >= 0.6 is 0 Å². The number of hydrogen-bond donors (Lipinski definition) is 1. The molecule has 1 aromatic heterocycles. The van der Waals surface area contributed by atoms with E-state index in [-0.39, 0.29) is 0 Å². The molecule has 0 fully saturated rings. The molecule has 0 amide bonds. The van der Waals surface area contributed by atoms with E-state index in [0.717, 1.165) is 28.0 Å². The minimum absolute atomic E-state index is 0.836. The number of H-pyrrole nitrogens is 1. The van der Waals surface area contributed by atoms with Crippen LogP contribution in [0.3, 0.4) is 0 Å². The van der Waals surface area contributed by atoms with Gasteiger partial charge in [0.15, 0.2) is 0 Å². The fourth-order valence-electron chi connectivity index (χ4n) is 1.79. The number of rotatable bonds is 4. The van der Waals surface area contributed by atoms with Crippen LogP contribution < -0.4 is 0 Å². The average Bonchev–Trinajstić information content (AvgIpc) is 2.79. The molecular weight excluding hydrogens is 220 g/mol. The Morgan fingerprint density at radius 3 is 2.72 bits per heavy atom. The van der Waals surface area contributed by atoms with Crippen LogP contribution in [0.4, 0.5) is 0 Å². The molecule has 1 N–H and O–H groups in total. The number of imidazole rings is 1. The summed E-state index contributed by atoms with van der Waals surface area (Å²) in [6, 6.07) is 7.97. The number of hydrogen-bond acceptors (Lipinski definition) is 1. The molecule has 0 aliphatic heterocycles. The molecule has 0 saturated carbocycles. The van der Waals surface area contributed by atoms with Crippen molar-refractivity contribution in [3.05, 3.63) is 73.1 Å². The van der Waals surface area contributed by atoms with Crippen molar-refractivity contribution >= 4 is 16.6 Å². The second-order valence-electron chi connectivity index (χ2n) is 4.05. The Labute approximate surface area is 107 Å². The molecule has 1 aromatic carbocycles. The van der Waals surface area contributed by atoms with Gasteiger partial charge in [-0.2, -0.15) is 0 Å². The van der Waals surface area contributed by atoms with Crippen molar-refractivity contribution in [1.29, 1.82) is 0 Å². The van der Waals surface area contributed by atoms with Gasteiger partial charge >= 0.3 is 0 Å². The molecule has 2 aromatic rings. The standard InChI is InChI=1S/C16H16N2/c1-4-8-12(3)11-13(5-2)16-17-14-9-6-7-10-15(14)18-16/h4-11H,1-2H2,3H3,(H,17,18)/b12-8-,13-11+. The highest BCUT2D eigenvalue weighted by molar-refractivity contribution is 5.81. The van der Waals surface area contributed by atoms with Crippen molar-refractivity contribution in [2.75, 3.05) is 0 Å². The second-order valence-corrected chi connectivity index (χ2v) is 4.05. The van der Waals surface area contributed by atoms with Crippen LogP contribution in [0, 0.1) is 0 Å². The maximum Gasteiger partial charge on any atom is 0.138 e. The Balaban J connectivity index is 2.47. The zero-order valence-electron chi connectivity index (χ0n) is 10.5. The van der Waals surface area contributed by atoms with E-state index < -0.39 is 0 Å². The SMILES string of the molecule is C=C/C=C(C)\C=C(/C=C)c1nc2ccccc2[nH]1. The third-order valence-corrected chi connectivity index (χ3v) is 2.65. The molecule has 0 unspecified atom stereocenters. The summed E-state index contributed by atoms with van der Waals surface area (Å²) in [7, 11) is 0. The Kier molecular flexibility index (Phi) is 3.58. The topological polar surface area (TPSA) is 28.7 Å². The lowest BCUT2D eigenvalue weighted by Crippen LogP contribution is -1.84. The summed E-state index contributed by atoms with van der Waals surface area (Å²) < 4.78 is 0. The molecule has 0 aliphatic carbocycles. The molecule has 0 aliphatic rings. The van der Waals surface area contributed by atoms with E-state index in [4.69, 9.17) is 0 Å². The van der Waals surface area contributed by atoms with E-state index in [1.807, 2.05) is 43.3 Å². The van der Waals surface area contributed by atoms with Gasteiger partial charge in [-0.25, -0.2) is 4.98 Å². The molecule has 2 nitrogen and oxygen atoms in total. The van der Waals surface area contributed by atoms with Gasteiger partial charge in [-0.1, -0.05) is 49.1 Å². The van der Waals surface area contributed by atoms with Gasteiger partial charge in [0.1, 0.15) is 5.82 Å². The van der Waals surface area contributed by atoms with Crippen LogP contribution in [-0.2, 0) is 0 Å². The predicted octanol–water partition coefficient (Wildman–Crippen LogP) is 4.26. The van der Waals surface area contributed by atoms with E-state index in [2.05, 4.69) is 23.1 Å². The molecule has 2 rings (SSSR count). The molecule has 0 atom stereocenters. The highest BCUT2D eigenvalue weighted by atomic mass is 14.9. The van der Waals surface area contributed by atoms with Crippen molar-refractivity contribution < 1.29 is 0 Å². The van der Waals surface area contributed by atoms with Crippen LogP contribution in [0.1, 0.15) is 12.7 Å². The predicted molar refractivity (Wildman–Crippen MR) is 78.2 cm³/mol. The van der Waals surface area contributed by atoms with Crippen LogP contribution in [-0.4, -0.2) is 9.97 Å². The molecule has 1 heterocycles. The summed E-state index contributed by atoms with van der Waals surface area (Å²) in [5.74, 6) is 0.836. The molecule has 90 valence electrons. The maximum atomic E-state index is 4.55. The molecule has 0 spiro atoms. The van der Waals surface area contributed by atoms with Gasteiger partial charge in [0.25, 0.3) is 0 Å². The fraction of sp³-hybridized carbons (Fsp3) is 0.0625. The lowest BCUT2D eigenvalue weighted by molar-refractivity contribution is 1.27.